The predicted molar refractivity (Wildman–Crippen MR) is 49.9 cm³/mol. The number of hydrogen-bond acceptors (Lipinski definition) is 6. The number of carbonyl (C=O) groups is 1. The number of carbonyl (C=O) groups excluding carboxylic acids is 1. The Hall–Kier alpha value is -1.71. The lowest BCUT2D eigenvalue weighted by Crippen LogP contribution is -2.40. The highest BCUT2D eigenvalue weighted by Gasteiger charge is 2.43. The number of alkyl halides is 3. The second-order valence-corrected chi connectivity index (χ2v) is 3.87. The molecule has 1 atom stereocenters. The summed E-state index contributed by atoms with van der Waals surface area (Å²) in [4.78, 5) is 15.0. The molecular formula is C8H10F3N5O2. The molecule has 0 spiro atoms. The van der Waals surface area contributed by atoms with Gasteiger partial charge < -0.3 is 4.84 Å². The Kier molecular flexibility index (Phi) is 3.45. The van der Waals surface area contributed by atoms with E-state index < -0.39 is 12.1 Å². The zero-order valence-corrected chi connectivity index (χ0v) is 9.15. The predicted octanol–water partition coefficient (Wildman–Crippen LogP) is 0.400. The van der Waals surface area contributed by atoms with Gasteiger partial charge in [-0.15, -0.1) is 15.3 Å². The van der Waals surface area contributed by atoms with Crippen LogP contribution in [-0.4, -0.2) is 50.9 Å². The van der Waals surface area contributed by atoms with E-state index in [-0.39, 0.29) is 19.0 Å². The van der Waals surface area contributed by atoms with Crippen LogP contribution in [0.2, 0.25) is 0 Å². The van der Waals surface area contributed by atoms with Gasteiger partial charge >= 0.3 is 12.1 Å². The minimum absolute atomic E-state index is 0.126. The normalized spacial score (nSPS) is 21.8. The maximum Gasteiger partial charge on any atom is 0.492 e. The molecule has 0 bridgehead atoms. The third-order valence-electron chi connectivity index (χ3n) is 2.55. The number of rotatable bonds is 2. The number of hydroxylamine groups is 2. The summed E-state index contributed by atoms with van der Waals surface area (Å²) in [5.74, 6) is -2.00. The van der Waals surface area contributed by atoms with Gasteiger partial charge in [0.2, 0.25) is 0 Å². The van der Waals surface area contributed by atoms with Crippen molar-refractivity contribution in [1.29, 1.82) is 0 Å². The molecular weight excluding hydrogens is 255 g/mol. The molecule has 2 rings (SSSR count). The smallest absolute Gasteiger partial charge is 0.361 e. The van der Waals surface area contributed by atoms with E-state index in [0.717, 1.165) is 5.06 Å². The lowest BCUT2D eigenvalue weighted by Gasteiger charge is -2.29. The van der Waals surface area contributed by atoms with Crippen LogP contribution < -0.4 is 0 Å². The van der Waals surface area contributed by atoms with Crippen LogP contribution in [0, 0.1) is 0 Å². The van der Waals surface area contributed by atoms with Crippen molar-refractivity contribution >= 4 is 5.97 Å². The number of tetrazole rings is 1. The van der Waals surface area contributed by atoms with Gasteiger partial charge in [-0.2, -0.15) is 18.4 Å². The summed E-state index contributed by atoms with van der Waals surface area (Å²) in [6.45, 7) is 0.386. The molecule has 1 aromatic heterocycles. The van der Waals surface area contributed by atoms with Gasteiger partial charge in [0.1, 0.15) is 0 Å². The third-order valence-corrected chi connectivity index (χ3v) is 2.55. The number of H-pyrrole nitrogens is 1. The van der Waals surface area contributed by atoms with E-state index in [4.69, 9.17) is 0 Å². The van der Waals surface area contributed by atoms with Crippen LogP contribution in [0.25, 0.3) is 0 Å². The third kappa shape index (κ3) is 2.94. The van der Waals surface area contributed by atoms with Gasteiger partial charge in [-0.1, -0.05) is 5.21 Å². The summed E-state index contributed by atoms with van der Waals surface area (Å²) in [6.07, 6.45) is -3.69. The van der Waals surface area contributed by atoms with Gasteiger partial charge in [-0.3, -0.25) is 0 Å². The van der Waals surface area contributed by atoms with Crippen molar-refractivity contribution in [3.8, 4) is 0 Å². The summed E-state index contributed by atoms with van der Waals surface area (Å²) in [5, 5.41) is 14.2. The molecule has 18 heavy (non-hydrogen) atoms. The molecule has 1 saturated heterocycles. The number of piperidine rings is 1. The average Bonchev–Trinajstić information content (AvgIpc) is 2.81. The molecule has 0 unspecified atom stereocenters. The Morgan fingerprint density at radius 1 is 1.50 bits per heavy atom. The number of aromatic nitrogens is 4. The summed E-state index contributed by atoms with van der Waals surface area (Å²) < 4.78 is 36.1. The molecule has 1 aromatic rings. The van der Waals surface area contributed by atoms with Crippen LogP contribution in [0.3, 0.4) is 0 Å². The van der Waals surface area contributed by atoms with Crippen LogP contribution in [0.5, 0.6) is 0 Å². The lowest BCUT2D eigenvalue weighted by atomic mass is 9.99. The van der Waals surface area contributed by atoms with Gasteiger partial charge in [0.25, 0.3) is 0 Å². The fourth-order valence-electron chi connectivity index (χ4n) is 1.75. The van der Waals surface area contributed by atoms with E-state index in [0.29, 0.717) is 18.7 Å². The van der Waals surface area contributed by atoms with E-state index in [2.05, 4.69) is 25.5 Å². The van der Waals surface area contributed by atoms with Crippen LogP contribution in [0.4, 0.5) is 13.2 Å². The van der Waals surface area contributed by atoms with E-state index in [1.54, 1.807) is 0 Å². The molecule has 2 heterocycles. The Balaban J connectivity index is 1.93. The molecule has 1 aliphatic heterocycles. The van der Waals surface area contributed by atoms with Gasteiger partial charge in [0.05, 0.1) is 0 Å². The Bertz CT molecular complexity index is 407. The largest absolute Gasteiger partial charge is 0.492 e. The summed E-state index contributed by atoms with van der Waals surface area (Å²) >= 11 is 0. The molecule has 0 aliphatic carbocycles. The molecule has 0 amide bonds. The van der Waals surface area contributed by atoms with Crippen molar-refractivity contribution in [3.63, 3.8) is 0 Å². The fraction of sp³-hybridized carbons (Fsp3) is 0.750. The first kappa shape index (κ1) is 12.7. The molecule has 1 aliphatic rings. The summed E-state index contributed by atoms with van der Waals surface area (Å²) in [6, 6.07) is 0. The monoisotopic (exact) mass is 265 g/mol. The van der Waals surface area contributed by atoms with Crippen LogP contribution >= 0.6 is 0 Å². The Morgan fingerprint density at radius 3 is 2.89 bits per heavy atom. The highest BCUT2D eigenvalue weighted by molar-refractivity contribution is 5.75. The highest BCUT2D eigenvalue weighted by Crippen LogP contribution is 2.25. The highest BCUT2D eigenvalue weighted by atomic mass is 19.4. The lowest BCUT2D eigenvalue weighted by molar-refractivity contribution is -0.242. The van der Waals surface area contributed by atoms with Crippen molar-refractivity contribution in [2.45, 2.75) is 24.9 Å². The van der Waals surface area contributed by atoms with Crippen molar-refractivity contribution in [1.82, 2.24) is 25.7 Å². The number of halogens is 3. The molecule has 100 valence electrons. The Morgan fingerprint density at radius 2 is 2.28 bits per heavy atom. The van der Waals surface area contributed by atoms with Crippen molar-refractivity contribution < 1.29 is 22.8 Å². The van der Waals surface area contributed by atoms with Gasteiger partial charge in [0, 0.05) is 19.0 Å². The van der Waals surface area contributed by atoms with E-state index in [9.17, 15) is 18.0 Å². The number of nitrogens with zero attached hydrogens (tertiary/aromatic N) is 4. The van der Waals surface area contributed by atoms with Crippen LogP contribution in [0.1, 0.15) is 24.6 Å². The second-order valence-electron chi connectivity index (χ2n) is 3.87. The minimum atomic E-state index is -4.99. The van der Waals surface area contributed by atoms with Crippen LogP contribution in [0.15, 0.2) is 0 Å². The summed E-state index contributed by atoms with van der Waals surface area (Å²) in [7, 11) is 0. The molecule has 1 N–H and O–H groups in total. The maximum atomic E-state index is 12.0. The first-order valence-corrected chi connectivity index (χ1v) is 5.24. The van der Waals surface area contributed by atoms with Crippen molar-refractivity contribution in [2.75, 3.05) is 13.1 Å². The van der Waals surface area contributed by atoms with Crippen molar-refractivity contribution in [2.24, 2.45) is 0 Å². The second kappa shape index (κ2) is 4.88. The fourth-order valence-corrected chi connectivity index (χ4v) is 1.75. The summed E-state index contributed by atoms with van der Waals surface area (Å²) in [5.41, 5.74) is 0. The number of aromatic amines is 1. The van der Waals surface area contributed by atoms with Gasteiger partial charge in [0.15, 0.2) is 5.82 Å². The molecule has 7 nitrogen and oxygen atoms in total. The Labute approximate surface area is 99.2 Å². The van der Waals surface area contributed by atoms with E-state index >= 15 is 0 Å². The number of hydrogen-bond donors (Lipinski definition) is 1. The molecule has 0 saturated carbocycles. The molecule has 10 heteroatoms. The maximum absolute atomic E-state index is 12.0. The first-order chi connectivity index (χ1) is 8.47. The topological polar surface area (TPSA) is 84.0 Å². The van der Waals surface area contributed by atoms with Crippen LogP contribution in [-0.2, 0) is 9.63 Å². The zero-order chi connectivity index (χ0) is 13.2. The average molecular weight is 265 g/mol. The number of nitrogens with one attached hydrogen (secondary N) is 1. The van der Waals surface area contributed by atoms with Gasteiger partial charge in [-0.05, 0) is 12.8 Å². The van der Waals surface area contributed by atoms with E-state index in [1.807, 2.05) is 0 Å². The molecule has 0 radical (unpaired) electrons. The zero-order valence-electron chi connectivity index (χ0n) is 9.15. The molecule has 1 fully saturated rings. The van der Waals surface area contributed by atoms with Crippen molar-refractivity contribution in [3.05, 3.63) is 5.82 Å². The minimum Gasteiger partial charge on any atom is -0.361 e. The SMILES string of the molecule is O=C(ON1CCC[C@@H](c2nn[nH]n2)C1)C(F)(F)F. The standard InChI is InChI=1S/C8H10F3N5O2/c9-8(10,11)7(17)18-16-3-1-2-5(4-16)6-12-14-15-13-6/h5H,1-4H2,(H,12,13,14,15)/t5-/m1/s1. The van der Waals surface area contributed by atoms with E-state index in [1.165, 1.54) is 0 Å². The first-order valence-electron chi connectivity index (χ1n) is 5.24. The quantitative estimate of drug-likeness (QED) is 0.833. The molecule has 0 aromatic carbocycles. The van der Waals surface area contributed by atoms with Gasteiger partial charge in [-0.25, -0.2) is 4.79 Å².